The van der Waals surface area contributed by atoms with Gasteiger partial charge < -0.3 is 25.7 Å². The lowest BCUT2D eigenvalue weighted by Crippen LogP contribution is -2.23. The fraction of sp³-hybridized carbons (Fsp3) is 0.278. The average Bonchev–Trinajstić information content (AvgIpc) is 2.96. The summed E-state index contributed by atoms with van der Waals surface area (Å²) >= 11 is 0. The molecular weight excluding hydrogens is 332 g/mol. The molecule has 0 unspecified atom stereocenters. The first-order valence-corrected chi connectivity index (χ1v) is 8.27. The first-order valence-electron chi connectivity index (χ1n) is 8.27. The lowest BCUT2D eigenvalue weighted by Gasteiger charge is -2.07. The molecule has 8 nitrogen and oxygen atoms in total. The van der Waals surface area contributed by atoms with Gasteiger partial charge >= 0.3 is 0 Å². The zero-order valence-corrected chi connectivity index (χ0v) is 14.8. The molecule has 0 spiro atoms. The van der Waals surface area contributed by atoms with Crippen LogP contribution in [0.15, 0.2) is 36.5 Å². The van der Waals surface area contributed by atoms with E-state index in [2.05, 4.69) is 20.6 Å². The van der Waals surface area contributed by atoms with Crippen molar-refractivity contribution in [2.45, 2.75) is 6.54 Å². The van der Waals surface area contributed by atoms with Crippen LogP contribution < -0.4 is 16.4 Å². The molecule has 0 bridgehead atoms. The van der Waals surface area contributed by atoms with E-state index >= 15 is 0 Å². The van der Waals surface area contributed by atoms with Crippen LogP contribution in [0.4, 0.5) is 11.8 Å². The Hall–Kier alpha value is -3.13. The van der Waals surface area contributed by atoms with E-state index in [1.807, 2.05) is 23.7 Å². The van der Waals surface area contributed by atoms with E-state index in [0.29, 0.717) is 31.1 Å². The summed E-state index contributed by atoms with van der Waals surface area (Å²) in [6.07, 6.45) is 1.62. The molecule has 0 fully saturated rings. The highest BCUT2D eigenvalue weighted by Gasteiger charge is 2.12. The number of nitrogens with one attached hydrogen (secondary N) is 2. The Labute approximate surface area is 151 Å². The summed E-state index contributed by atoms with van der Waals surface area (Å²) < 4.78 is 6.98. The summed E-state index contributed by atoms with van der Waals surface area (Å²) in [6, 6.07) is 9.07. The van der Waals surface area contributed by atoms with Crippen molar-refractivity contribution in [2.24, 2.45) is 7.05 Å². The van der Waals surface area contributed by atoms with Crippen molar-refractivity contribution < 1.29 is 9.53 Å². The summed E-state index contributed by atoms with van der Waals surface area (Å²) in [5.74, 6) is 0.965. The highest BCUT2D eigenvalue weighted by atomic mass is 16.5. The van der Waals surface area contributed by atoms with Crippen LogP contribution in [-0.4, -0.2) is 40.7 Å². The van der Waals surface area contributed by atoms with Gasteiger partial charge in [0.1, 0.15) is 5.82 Å². The minimum atomic E-state index is -0.185. The Kier molecular flexibility index (Phi) is 5.33. The number of nitrogens with zero attached hydrogens (tertiary/aromatic N) is 3. The summed E-state index contributed by atoms with van der Waals surface area (Å²) in [5.41, 5.74) is 8.82. The molecule has 0 radical (unpaired) electrons. The van der Waals surface area contributed by atoms with Crippen LogP contribution in [0.2, 0.25) is 0 Å². The van der Waals surface area contributed by atoms with Gasteiger partial charge in [-0.1, -0.05) is 6.07 Å². The topological polar surface area (TPSA) is 107 Å². The van der Waals surface area contributed by atoms with Crippen molar-refractivity contribution in [1.82, 2.24) is 19.9 Å². The van der Waals surface area contributed by atoms with Crippen LogP contribution in [0.1, 0.15) is 15.9 Å². The molecule has 1 aromatic carbocycles. The average molecular weight is 354 g/mol. The Bertz CT molecular complexity index is 921. The third-order valence-electron chi connectivity index (χ3n) is 4.10. The van der Waals surface area contributed by atoms with E-state index in [1.54, 1.807) is 31.5 Å². The third kappa shape index (κ3) is 3.75. The normalized spacial score (nSPS) is 10.8. The number of hydrogen-bond donors (Lipinski definition) is 3. The Morgan fingerprint density at radius 3 is 2.96 bits per heavy atom. The quantitative estimate of drug-likeness (QED) is 0.556. The number of nitrogens with two attached hydrogens (primary N) is 1. The van der Waals surface area contributed by atoms with Crippen LogP contribution in [-0.2, 0) is 18.3 Å². The van der Waals surface area contributed by atoms with E-state index in [0.717, 1.165) is 22.5 Å². The van der Waals surface area contributed by atoms with E-state index in [9.17, 15) is 4.79 Å². The van der Waals surface area contributed by atoms with Crippen LogP contribution in [0, 0.1) is 0 Å². The minimum absolute atomic E-state index is 0.185. The van der Waals surface area contributed by atoms with Gasteiger partial charge in [0.15, 0.2) is 0 Å². The molecule has 0 aliphatic heterocycles. The lowest BCUT2D eigenvalue weighted by atomic mass is 10.1. The zero-order valence-electron chi connectivity index (χ0n) is 14.8. The minimum Gasteiger partial charge on any atom is -0.383 e. The monoisotopic (exact) mass is 354 g/mol. The number of methoxy groups -OCH3 is 1. The van der Waals surface area contributed by atoms with E-state index < -0.39 is 0 Å². The number of carbonyl (C=O) groups excluding carboxylic acids is 1. The van der Waals surface area contributed by atoms with Gasteiger partial charge in [-0.25, -0.2) is 9.97 Å². The molecule has 8 heteroatoms. The van der Waals surface area contributed by atoms with Crippen LogP contribution >= 0.6 is 0 Å². The molecule has 3 aromatic rings. The molecule has 4 N–H and O–H groups in total. The van der Waals surface area contributed by atoms with Gasteiger partial charge in [0, 0.05) is 44.6 Å². The van der Waals surface area contributed by atoms with Crippen molar-refractivity contribution in [2.75, 3.05) is 31.3 Å². The number of carbonyl (C=O) groups is 1. The van der Waals surface area contributed by atoms with Gasteiger partial charge in [-0.05, 0) is 24.3 Å². The number of aromatic nitrogens is 3. The fourth-order valence-corrected chi connectivity index (χ4v) is 2.64. The number of imidazole rings is 1. The summed E-state index contributed by atoms with van der Waals surface area (Å²) in [5, 5.41) is 6.07. The number of hydrogen-bond acceptors (Lipinski definition) is 6. The van der Waals surface area contributed by atoms with Gasteiger partial charge in [-0.2, -0.15) is 0 Å². The maximum Gasteiger partial charge on any atom is 0.251 e. The number of nitrogen functional groups attached to an aromatic ring is 1. The van der Waals surface area contributed by atoms with E-state index in [-0.39, 0.29) is 5.91 Å². The summed E-state index contributed by atoms with van der Waals surface area (Å²) in [7, 11) is 3.58. The first kappa shape index (κ1) is 17.7. The predicted molar refractivity (Wildman–Crippen MR) is 101 cm³/mol. The Morgan fingerprint density at radius 1 is 1.35 bits per heavy atom. The molecule has 0 aliphatic carbocycles. The lowest BCUT2D eigenvalue weighted by molar-refractivity contribution is 0.0951. The molecular formula is C18H22N6O2. The molecule has 0 saturated heterocycles. The van der Waals surface area contributed by atoms with Crippen molar-refractivity contribution in [1.29, 1.82) is 0 Å². The number of pyridine rings is 1. The van der Waals surface area contributed by atoms with E-state index in [1.165, 1.54) is 0 Å². The summed E-state index contributed by atoms with van der Waals surface area (Å²) in [6.45, 7) is 1.57. The molecule has 0 aliphatic rings. The number of aryl methyl sites for hydroxylation is 1. The standard InChI is InChI=1S/C18H22N6O2/c1-24-15-6-5-12(10-14(15)23-18(24)21-8-9-26-2)17(25)22-11-13-4-3-7-20-16(13)19/h3-7,10H,8-9,11H2,1-2H3,(H2,19,20)(H,21,23)(H,22,25). The van der Waals surface area contributed by atoms with Crippen molar-refractivity contribution in [3.63, 3.8) is 0 Å². The second kappa shape index (κ2) is 7.83. The Balaban J connectivity index is 1.73. The molecule has 2 aromatic heterocycles. The largest absolute Gasteiger partial charge is 0.383 e. The van der Waals surface area contributed by atoms with Gasteiger partial charge in [0.05, 0.1) is 17.6 Å². The number of amides is 1. The molecule has 0 atom stereocenters. The second-order valence-corrected chi connectivity index (χ2v) is 5.85. The molecule has 1 amide bonds. The van der Waals surface area contributed by atoms with Crippen LogP contribution in [0.3, 0.4) is 0 Å². The van der Waals surface area contributed by atoms with Gasteiger partial charge in [0.2, 0.25) is 5.95 Å². The number of rotatable bonds is 7. The zero-order chi connectivity index (χ0) is 18.5. The smallest absolute Gasteiger partial charge is 0.251 e. The van der Waals surface area contributed by atoms with Crippen LogP contribution in [0.25, 0.3) is 11.0 Å². The number of anilines is 2. The molecule has 26 heavy (non-hydrogen) atoms. The van der Waals surface area contributed by atoms with Crippen molar-refractivity contribution in [3.05, 3.63) is 47.7 Å². The second-order valence-electron chi connectivity index (χ2n) is 5.85. The SMILES string of the molecule is COCCNc1nc2cc(C(=O)NCc3cccnc3N)ccc2n1C. The third-order valence-corrected chi connectivity index (χ3v) is 4.10. The molecule has 136 valence electrons. The maximum absolute atomic E-state index is 12.4. The van der Waals surface area contributed by atoms with Gasteiger partial charge in [-0.15, -0.1) is 0 Å². The van der Waals surface area contributed by atoms with Gasteiger partial charge in [-0.3, -0.25) is 4.79 Å². The number of fused-ring (bicyclic) bond motifs is 1. The first-order chi connectivity index (χ1) is 12.6. The van der Waals surface area contributed by atoms with Crippen LogP contribution in [0.5, 0.6) is 0 Å². The molecule has 0 saturated carbocycles. The number of ether oxygens (including phenoxy) is 1. The van der Waals surface area contributed by atoms with E-state index in [4.69, 9.17) is 10.5 Å². The number of benzene rings is 1. The summed E-state index contributed by atoms with van der Waals surface area (Å²) in [4.78, 5) is 21.0. The highest BCUT2D eigenvalue weighted by molar-refractivity contribution is 5.97. The maximum atomic E-state index is 12.4. The van der Waals surface area contributed by atoms with Gasteiger partial charge in [0.25, 0.3) is 5.91 Å². The highest BCUT2D eigenvalue weighted by Crippen LogP contribution is 2.19. The Morgan fingerprint density at radius 2 is 2.19 bits per heavy atom. The van der Waals surface area contributed by atoms with Crippen molar-refractivity contribution in [3.8, 4) is 0 Å². The molecule has 3 rings (SSSR count). The molecule has 2 heterocycles. The fourth-order valence-electron chi connectivity index (χ4n) is 2.64. The van der Waals surface area contributed by atoms with Crippen molar-refractivity contribution >= 4 is 28.7 Å². The predicted octanol–water partition coefficient (Wildman–Crippen LogP) is 1.54.